The number of nitrogens with one attached hydrogen (secondary N) is 2. The van der Waals surface area contributed by atoms with Gasteiger partial charge in [0, 0.05) is 11.6 Å². The summed E-state index contributed by atoms with van der Waals surface area (Å²) in [6.07, 6.45) is 0. The van der Waals surface area contributed by atoms with Crippen LogP contribution in [-0.4, -0.2) is 15.0 Å². The third-order valence-electron chi connectivity index (χ3n) is 2.93. The maximum absolute atomic E-state index is 12.4. The molecule has 112 valence electrons. The molecule has 0 radical (unpaired) electrons. The Labute approximate surface area is 130 Å². The summed E-state index contributed by atoms with van der Waals surface area (Å²) < 4.78 is 27.4. The lowest BCUT2D eigenvalue weighted by atomic mass is 10.2. The van der Waals surface area contributed by atoms with E-state index < -0.39 is 10.0 Å². The fraction of sp³-hybridized carbons (Fsp3) is 0.200. The van der Waals surface area contributed by atoms with Gasteiger partial charge in [0.25, 0.3) is 10.0 Å². The average Bonchev–Trinajstić information content (AvgIpc) is 2.46. The lowest BCUT2D eigenvalue weighted by Gasteiger charge is -2.13. The van der Waals surface area contributed by atoms with Crippen molar-refractivity contribution in [3.8, 4) is 0 Å². The topological polar surface area (TPSA) is 58.2 Å². The van der Waals surface area contributed by atoms with Gasteiger partial charge in [-0.3, -0.25) is 4.72 Å². The predicted octanol–water partition coefficient (Wildman–Crippen LogP) is 3.25. The van der Waals surface area contributed by atoms with Gasteiger partial charge >= 0.3 is 0 Å². The van der Waals surface area contributed by atoms with Gasteiger partial charge in [0.2, 0.25) is 0 Å². The highest BCUT2D eigenvalue weighted by Crippen LogP contribution is 2.21. The van der Waals surface area contributed by atoms with Crippen LogP contribution in [-0.2, 0) is 16.6 Å². The molecule has 6 heteroatoms. The molecule has 0 spiro atoms. The fourth-order valence-electron chi connectivity index (χ4n) is 1.87. The minimum atomic E-state index is -3.65. The van der Waals surface area contributed by atoms with Crippen molar-refractivity contribution in [2.45, 2.75) is 18.4 Å². The van der Waals surface area contributed by atoms with E-state index in [1.165, 1.54) is 12.1 Å². The molecule has 0 bridgehead atoms. The van der Waals surface area contributed by atoms with Gasteiger partial charge < -0.3 is 5.32 Å². The number of hydrogen-bond donors (Lipinski definition) is 2. The quantitative estimate of drug-likeness (QED) is 0.857. The molecule has 2 N–H and O–H groups in total. The molecule has 0 atom stereocenters. The molecule has 0 aliphatic heterocycles. The van der Waals surface area contributed by atoms with Gasteiger partial charge in [0.1, 0.15) is 0 Å². The lowest BCUT2D eigenvalue weighted by Crippen LogP contribution is -2.17. The van der Waals surface area contributed by atoms with Gasteiger partial charge in [0.15, 0.2) is 0 Å². The second-order valence-electron chi connectivity index (χ2n) is 4.50. The van der Waals surface area contributed by atoms with Gasteiger partial charge in [-0.15, -0.1) is 0 Å². The smallest absolute Gasteiger partial charge is 0.261 e. The van der Waals surface area contributed by atoms with Crippen LogP contribution in [0.3, 0.4) is 0 Å². The van der Waals surface area contributed by atoms with Gasteiger partial charge in [-0.1, -0.05) is 42.8 Å². The van der Waals surface area contributed by atoms with Crippen LogP contribution in [0.25, 0.3) is 0 Å². The van der Waals surface area contributed by atoms with Crippen molar-refractivity contribution in [3.05, 3.63) is 59.1 Å². The molecule has 4 nitrogen and oxygen atoms in total. The summed E-state index contributed by atoms with van der Waals surface area (Å²) in [7, 11) is -3.65. The summed E-state index contributed by atoms with van der Waals surface area (Å²) in [5.41, 5.74) is 1.46. The van der Waals surface area contributed by atoms with Crippen LogP contribution in [0, 0.1) is 0 Å². The number of hydrogen-bond acceptors (Lipinski definition) is 3. The normalized spacial score (nSPS) is 11.3. The zero-order valence-corrected chi connectivity index (χ0v) is 13.2. The van der Waals surface area contributed by atoms with E-state index in [1.807, 2.05) is 19.1 Å². The second kappa shape index (κ2) is 6.93. The number of benzene rings is 2. The largest absolute Gasteiger partial charge is 0.313 e. The Balaban J connectivity index is 2.29. The molecule has 2 aromatic rings. The Kier molecular flexibility index (Phi) is 5.22. The first-order chi connectivity index (χ1) is 10.0. The molecule has 21 heavy (non-hydrogen) atoms. The molecule has 0 fully saturated rings. The molecule has 0 aliphatic carbocycles. The van der Waals surface area contributed by atoms with Crippen molar-refractivity contribution in [2.75, 3.05) is 11.3 Å². The maximum Gasteiger partial charge on any atom is 0.261 e. The van der Waals surface area contributed by atoms with Crippen LogP contribution >= 0.6 is 11.6 Å². The lowest BCUT2D eigenvalue weighted by molar-refractivity contribution is 0.601. The van der Waals surface area contributed by atoms with E-state index in [-0.39, 0.29) is 4.90 Å². The van der Waals surface area contributed by atoms with E-state index in [1.54, 1.807) is 24.3 Å². The van der Waals surface area contributed by atoms with Crippen molar-refractivity contribution in [1.29, 1.82) is 0 Å². The summed E-state index contributed by atoms with van der Waals surface area (Å²) in [6, 6.07) is 13.5. The van der Waals surface area contributed by atoms with Crippen molar-refractivity contribution in [1.82, 2.24) is 5.32 Å². The first-order valence-corrected chi connectivity index (χ1v) is 8.46. The zero-order valence-electron chi connectivity index (χ0n) is 11.6. The number of para-hydroxylation sites is 1. The summed E-state index contributed by atoms with van der Waals surface area (Å²) in [5.74, 6) is 0. The van der Waals surface area contributed by atoms with Crippen molar-refractivity contribution < 1.29 is 8.42 Å². The Morgan fingerprint density at radius 3 is 2.57 bits per heavy atom. The number of sulfonamides is 1. The molecule has 0 aromatic heterocycles. The first-order valence-electron chi connectivity index (χ1n) is 6.60. The first kappa shape index (κ1) is 15.8. The SMILES string of the molecule is CCNCc1ccccc1NS(=O)(=O)c1cccc(Cl)c1. The van der Waals surface area contributed by atoms with Crippen LogP contribution in [0.5, 0.6) is 0 Å². The molecule has 0 aliphatic rings. The number of anilines is 1. The van der Waals surface area contributed by atoms with Gasteiger partial charge in [-0.05, 0) is 36.4 Å². The third kappa shape index (κ3) is 4.20. The van der Waals surface area contributed by atoms with Crippen molar-refractivity contribution in [3.63, 3.8) is 0 Å². The molecule has 0 saturated carbocycles. The minimum Gasteiger partial charge on any atom is -0.313 e. The highest BCUT2D eigenvalue weighted by atomic mass is 35.5. The van der Waals surface area contributed by atoms with Crippen LogP contribution in [0.4, 0.5) is 5.69 Å². The molecule has 0 heterocycles. The van der Waals surface area contributed by atoms with Crippen molar-refractivity contribution >= 4 is 27.3 Å². The van der Waals surface area contributed by atoms with Crippen LogP contribution < -0.4 is 10.0 Å². The Morgan fingerprint density at radius 1 is 1.10 bits per heavy atom. The van der Waals surface area contributed by atoms with Crippen LogP contribution in [0.2, 0.25) is 5.02 Å². The molecule has 0 unspecified atom stereocenters. The van der Waals surface area contributed by atoms with E-state index in [4.69, 9.17) is 11.6 Å². The standard InChI is InChI=1S/C15H17ClN2O2S/c1-2-17-11-12-6-3-4-9-15(12)18-21(19,20)14-8-5-7-13(16)10-14/h3-10,17-18H,2,11H2,1H3. The number of halogens is 1. The second-order valence-corrected chi connectivity index (χ2v) is 6.62. The molecule has 0 saturated heterocycles. The van der Waals surface area contributed by atoms with Gasteiger partial charge in [-0.25, -0.2) is 8.42 Å². The maximum atomic E-state index is 12.4. The Bertz CT molecular complexity index is 717. The Morgan fingerprint density at radius 2 is 1.86 bits per heavy atom. The Hall–Kier alpha value is -1.56. The van der Waals surface area contributed by atoms with Gasteiger partial charge in [0.05, 0.1) is 10.6 Å². The van der Waals surface area contributed by atoms with E-state index in [0.29, 0.717) is 17.3 Å². The highest BCUT2D eigenvalue weighted by molar-refractivity contribution is 7.92. The van der Waals surface area contributed by atoms with E-state index in [0.717, 1.165) is 12.1 Å². The average molecular weight is 325 g/mol. The molecule has 2 rings (SSSR count). The summed E-state index contributed by atoms with van der Waals surface area (Å²) in [5, 5.41) is 3.57. The van der Waals surface area contributed by atoms with Crippen molar-refractivity contribution in [2.24, 2.45) is 0 Å². The summed E-state index contributed by atoms with van der Waals surface area (Å²) in [4.78, 5) is 0.147. The third-order valence-corrected chi connectivity index (χ3v) is 4.53. The van der Waals surface area contributed by atoms with Crippen LogP contribution in [0.1, 0.15) is 12.5 Å². The molecule has 2 aromatic carbocycles. The highest BCUT2D eigenvalue weighted by Gasteiger charge is 2.15. The van der Waals surface area contributed by atoms with E-state index in [2.05, 4.69) is 10.0 Å². The fourth-order valence-corrected chi connectivity index (χ4v) is 3.27. The monoisotopic (exact) mass is 324 g/mol. The number of rotatable bonds is 6. The van der Waals surface area contributed by atoms with E-state index >= 15 is 0 Å². The molecule has 0 amide bonds. The minimum absolute atomic E-state index is 0.147. The molecular weight excluding hydrogens is 308 g/mol. The zero-order chi connectivity index (χ0) is 15.3. The summed E-state index contributed by atoms with van der Waals surface area (Å²) in [6.45, 7) is 3.42. The molecular formula is C15H17ClN2O2S. The summed E-state index contributed by atoms with van der Waals surface area (Å²) >= 11 is 5.85. The van der Waals surface area contributed by atoms with Crippen LogP contribution in [0.15, 0.2) is 53.4 Å². The predicted molar refractivity (Wildman–Crippen MR) is 86.1 cm³/mol. The van der Waals surface area contributed by atoms with E-state index in [9.17, 15) is 8.42 Å². The van der Waals surface area contributed by atoms with Gasteiger partial charge in [-0.2, -0.15) is 0 Å².